The molecule has 0 aliphatic heterocycles. The van der Waals surface area contributed by atoms with Gasteiger partial charge < -0.3 is 10.4 Å². The van der Waals surface area contributed by atoms with E-state index in [-0.39, 0.29) is 0 Å². The van der Waals surface area contributed by atoms with E-state index in [1.54, 1.807) is 17.8 Å². The lowest BCUT2D eigenvalue weighted by Gasteiger charge is -2.07. The second-order valence-electron chi connectivity index (χ2n) is 3.09. The van der Waals surface area contributed by atoms with E-state index in [0.29, 0.717) is 5.69 Å². The first-order valence-corrected chi connectivity index (χ1v) is 6.06. The van der Waals surface area contributed by atoms with Crippen LogP contribution in [0.3, 0.4) is 0 Å². The molecule has 0 radical (unpaired) electrons. The first kappa shape index (κ1) is 13.3. The molecule has 0 bridgehead atoms. The Morgan fingerprint density at radius 3 is 2.71 bits per heavy atom. The minimum absolute atomic E-state index is 0.448. The molecule has 0 saturated heterocycles. The van der Waals surface area contributed by atoms with Gasteiger partial charge in [-0.2, -0.15) is 0 Å². The Bertz CT molecular complexity index is 443. The van der Waals surface area contributed by atoms with Gasteiger partial charge in [0.15, 0.2) is 0 Å². The number of para-hydroxylation sites is 1. The number of nitrogens with one attached hydrogen (secondary N) is 1. The quantitative estimate of drug-likeness (QED) is 0.623. The Balaban J connectivity index is 2.74. The fourth-order valence-corrected chi connectivity index (χ4v) is 1.93. The Morgan fingerprint density at radius 1 is 1.35 bits per heavy atom. The third-order valence-corrected chi connectivity index (χ3v) is 2.78. The van der Waals surface area contributed by atoms with E-state index in [9.17, 15) is 9.59 Å². The van der Waals surface area contributed by atoms with Gasteiger partial charge in [0, 0.05) is 17.0 Å². The summed E-state index contributed by atoms with van der Waals surface area (Å²) in [4.78, 5) is 22.6. The van der Waals surface area contributed by atoms with Gasteiger partial charge in [-0.25, -0.2) is 4.79 Å². The van der Waals surface area contributed by atoms with Crippen molar-refractivity contribution in [3.8, 4) is 0 Å². The van der Waals surface area contributed by atoms with Crippen molar-refractivity contribution in [2.24, 2.45) is 0 Å². The molecule has 1 rings (SSSR count). The van der Waals surface area contributed by atoms with Crippen LogP contribution >= 0.6 is 11.8 Å². The number of carboxylic acid groups (broad SMARTS) is 1. The average molecular weight is 251 g/mol. The van der Waals surface area contributed by atoms with E-state index in [1.165, 1.54) is 0 Å². The van der Waals surface area contributed by atoms with Gasteiger partial charge in [-0.3, -0.25) is 4.79 Å². The zero-order valence-corrected chi connectivity index (χ0v) is 10.2. The second kappa shape index (κ2) is 6.75. The van der Waals surface area contributed by atoms with Crippen LogP contribution in [0.1, 0.15) is 6.92 Å². The Morgan fingerprint density at radius 2 is 2.06 bits per heavy atom. The Hall–Kier alpha value is -1.75. The summed E-state index contributed by atoms with van der Waals surface area (Å²) in [6.07, 6.45) is 1.81. The minimum atomic E-state index is -1.14. The summed E-state index contributed by atoms with van der Waals surface area (Å²) in [6.45, 7) is 2.02. The van der Waals surface area contributed by atoms with Crippen LogP contribution in [-0.4, -0.2) is 22.7 Å². The smallest absolute Gasteiger partial charge is 0.328 e. The molecule has 0 spiro atoms. The monoisotopic (exact) mass is 251 g/mol. The number of carboxylic acids is 1. The molecule has 17 heavy (non-hydrogen) atoms. The lowest BCUT2D eigenvalue weighted by Crippen LogP contribution is -2.09. The summed E-state index contributed by atoms with van der Waals surface area (Å²) >= 11 is 1.61. The number of rotatable bonds is 5. The van der Waals surface area contributed by atoms with Crippen LogP contribution in [0.25, 0.3) is 0 Å². The molecular formula is C12H13NO3S. The Kier molecular flexibility index (Phi) is 5.29. The third-order valence-electron chi connectivity index (χ3n) is 1.82. The highest BCUT2D eigenvalue weighted by molar-refractivity contribution is 7.99. The summed E-state index contributed by atoms with van der Waals surface area (Å²) < 4.78 is 0. The van der Waals surface area contributed by atoms with Gasteiger partial charge in [-0.05, 0) is 17.9 Å². The van der Waals surface area contributed by atoms with E-state index < -0.39 is 11.9 Å². The third kappa shape index (κ3) is 4.74. The fourth-order valence-electron chi connectivity index (χ4n) is 1.17. The van der Waals surface area contributed by atoms with Gasteiger partial charge in [-0.15, -0.1) is 11.8 Å². The van der Waals surface area contributed by atoms with Crippen molar-refractivity contribution in [2.45, 2.75) is 11.8 Å². The topological polar surface area (TPSA) is 66.4 Å². The summed E-state index contributed by atoms with van der Waals surface area (Å²) in [5.41, 5.74) is 0.694. The minimum Gasteiger partial charge on any atom is -0.478 e. The SMILES string of the molecule is CCSc1ccccc1NC(=O)/C=C/C(=O)O. The van der Waals surface area contributed by atoms with Crippen molar-refractivity contribution in [3.63, 3.8) is 0 Å². The molecule has 5 heteroatoms. The highest BCUT2D eigenvalue weighted by Gasteiger charge is 2.04. The number of carbonyl (C=O) groups is 2. The highest BCUT2D eigenvalue weighted by atomic mass is 32.2. The molecule has 0 aromatic heterocycles. The molecule has 0 saturated carbocycles. The molecule has 1 amide bonds. The van der Waals surface area contributed by atoms with E-state index in [1.807, 2.05) is 25.1 Å². The van der Waals surface area contributed by atoms with Crippen LogP contribution in [-0.2, 0) is 9.59 Å². The molecular weight excluding hydrogens is 238 g/mol. The maximum Gasteiger partial charge on any atom is 0.328 e. The fraction of sp³-hybridized carbons (Fsp3) is 0.167. The van der Waals surface area contributed by atoms with Gasteiger partial charge in [0.2, 0.25) is 5.91 Å². The van der Waals surface area contributed by atoms with Gasteiger partial charge in [0.05, 0.1) is 5.69 Å². The van der Waals surface area contributed by atoms with E-state index in [2.05, 4.69) is 5.32 Å². The van der Waals surface area contributed by atoms with Gasteiger partial charge >= 0.3 is 5.97 Å². The number of anilines is 1. The molecule has 0 atom stereocenters. The number of thioether (sulfide) groups is 1. The van der Waals surface area contributed by atoms with Crippen LogP contribution < -0.4 is 5.32 Å². The molecule has 0 aliphatic rings. The van der Waals surface area contributed by atoms with Crippen LogP contribution in [0, 0.1) is 0 Å². The second-order valence-corrected chi connectivity index (χ2v) is 4.40. The summed E-state index contributed by atoms with van der Waals surface area (Å²) in [5, 5.41) is 11.0. The number of hydrogen-bond donors (Lipinski definition) is 2. The van der Waals surface area contributed by atoms with Crippen molar-refractivity contribution < 1.29 is 14.7 Å². The molecule has 0 unspecified atom stereocenters. The zero-order chi connectivity index (χ0) is 12.7. The largest absolute Gasteiger partial charge is 0.478 e. The van der Waals surface area contributed by atoms with Crippen LogP contribution in [0.4, 0.5) is 5.69 Å². The molecule has 4 nitrogen and oxygen atoms in total. The maximum atomic E-state index is 11.4. The number of carbonyl (C=O) groups excluding carboxylic acids is 1. The van der Waals surface area contributed by atoms with Crippen LogP contribution in [0.5, 0.6) is 0 Å². The number of hydrogen-bond acceptors (Lipinski definition) is 3. The molecule has 1 aromatic rings. The lowest BCUT2D eigenvalue weighted by molar-refractivity contribution is -0.131. The predicted molar refractivity (Wildman–Crippen MR) is 68.2 cm³/mol. The van der Waals surface area contributed by atoms with E-state index in [4.69, 9.17) is 5.11 Å². The number of benzene rings is 1. The summed E-state index contributed by atoms with van der Waals surface area (Å²) in [5.74, 6) is -0.689. The Labute approximate surface area is 104 Å². The van der Waals surface area contributed by atoms with E-state index in [0.717, 1.165) is 22.8 Å². The van der Waals surface area contributed by atoms with Crippen LogP contribution in [0.15, 0.2) is 41.3 Å². The predicted octanol–water partition coefficient (Wildman–Crippen LogP) is 2.38. The van der Waals surface area contributed by atoms with Crippen LogP contribution in [0.2, 0.25) is 0 Å². The summed E-state index contributed by atoms with van der Waals surface area (Å²) in [6, 6.07) is 7.40. The van der Waals surface area contributed by atoms with Crippen molar-refractivity contribution in [1.82, 2.24) is 0 Å². The average Bonchev–Trinajstić information content (AvgIpc) is 2.29. The first-order chi connectivity index (χ1) is 8.13. The van der Waals surface area contributed by atoms with Crippen molar-refractivity contribution in [2.75, 3.05) is 11.1 Å². The maximum absolute atomic E-state index is 11.4. The van der Waals surface area contributed by atoms with Gasteiger partial charge in [0.1, 0.15) is 0 Å². The van der Waals surface area contributed by atoms with Gasteiger partial charge in [-0.1, -0.05) is 19.1 Å². The van der Waals surface area contributed by atoms with Gasteiger partial charge in [0.25, 0.3) is 0 Å². The lowest BCUT2D eigenvalue weighted by atomic mass is 10.3. The molecule has 0 fully saturated rings. The van der Waals surface area contributed by atoms with Crippen molar-refractivity contribution in [3.05, 3.63) is 36.4 Å². The molecule has 2 N–H and O–H groups in total. The molecule has 90 valence electrons. The van der Waals surface area contributed by atoms with E-state index >= 15 is 0 Å². The van der Waals surface area contributed by atoms with Crippen molar-refractivity contribution in [1.29, 1.82) is 0 Å². The number of amides is 1. The first-order valence-electron chi connectivity index (χ1n) is 5.07. The number of aliphatic carboxylic acids is 1. The van der Waals surface area contributed by atoms with Crippen molar-refractivity contribution >= 4 is 29.3 Å². The normalized spacial score (nSPS) is 10.4. The summed E-state index contributed by atoms with van der Waals surface area (Å²) in [7, 11) is 0. The standard InChI is InChI=1S/C12H13NO3S/c1-2-17-10-6-4-3-5-9(10)13-11(14)7-8-12(15)16/h3-8H,2H2,1H3,(H,13,14)(H,15,16)/b8-7+. The molecule has 0 heterocycles. The molecule has 0 aliphatic carbocycles. The highest BCUT2D eigenvalue weighted by Crippen LogP contribution is 2.26. The molecule has 1 aromatic carbocycles. The zero-order valence-electron chi connectivity index (χ0n) is 9.34.